The van der Waals surface area contributed by atoms with Crippen molar-refractivity contribution in [3.8, 4) is 0 Å². The average molecular weight is 1020 g/mol. The molecule has 0 saturated carbocycles. The fourth-order valence-corrected chi connectivity index (χ4v) is 12.6. The lowest BCUT2D eigenvalue weighted by atomic mass is 10.4. The molecule has 0 N–H and O–H groups in total. The van der Waals surface area contributed by atoms with E-state index in [4.69, 9.17) is 42.0 Å². The Kier molecular flexibility index (Phi) is 27.9. The first-order valence-electron chi connectivity index (χ1n) is 24.6. The molecule has 0 aliphatic heterocycles. The molecule has 9 unspecified atom stereocenters. The summed E-state index contributed by atoms with van der Waals surface area (Å²) in [6.07, 6.45) is 4.38. The van der Waals surface area contributed by atoms with Crippen LogP contribution in [0.25, 0.3) is 0 Å². The minimum Gasteiger partial charge on any atom is -0.353 e. The molecule has 0 spiro atoms. The van der Waals surface area contributed by atoms with Gasteiger partial charge in [0.15, 0.2) is 18.9 Å². The molecule has 1 heterocycles. The SMILES string of the molecule is CCCCOC(C)OC(C)P(OCCn1c(=O)n(CCOP(c2ccccc2)C(C)OC(C)OCCCC)c(=O)n(CCOP(c2ccccc2)C(C)OC(C)OCCCC)c1=O)c1ccccc1. The van der Waals surface area contributed by atoms with Gasteiger partial charge in [-0.3, -0.25) is 0 Å². The number of nitrogens with zero attached hydrogens (tertiary/aromatic N) is 3. The predicted molar refractivity (Wildman–Crippen MR) is 279 cm³/mol. The normalized spacial score (nSPS) is 15.8. The molecule has 0 amide bonds. The van der Waals surface area contributed by atoms with Crippen molar-refractivity contribution in [1.29, 1.82) is 0 Å². The zero-order valence-electron chi connectivity index (χ0n) is 42.3. The van der Waals surface area contributed by atoms with Crippen LogP contribution in [0, 0.1) is 0 Å². The van der Waals surface area contributed by atoms with E-state index in [1.807, 2.05) is 133 Å². The van der Waals surface area contributed by atoms with Crippen molar-refractivity contribution in [2.24, 2.45) is 0 Å². The Bertz CT molecular complexity index is 1900. The quantitative estimate of drug-likeness (QED) is 0.0243. The van der Waals surface area contributed by atoms with Crippen molar-refractivity contribution in [2.75, 3.05) is 39.6 Å². The van der Waals surface area contributed by atoms with Gasteiger partial charge in [-0.05, 0) is 60.8 Å². The Hall–Kier alpha value is -3.00. The van der Waals surface area contributed by atoms with Gasteiger partial charge in [0.25, 0.3) is 0 Å². The second kappa shape index (κ2) is 32.9. The number of unbranched alkanes of at least 4 members (excludes halogenated alkanes) is 3. The first-order chi connectivity index (χ1) is 33.4. The second-order valence-corrected chi connectivity index (χ2v) is 22.8. The van der Waals surface area contributed by atoms with E-state index in [1.54, 1.807) is 0 Å². The fraction of sp³-hybridized carbons (Fsp3) is 0.588. The van der Waals surface area contributed by atoms with Gasteiger partial charge in [0.05, 0.1) is 63.9 Å². The summed E-state index contributed by atoms with van der Waals surface area (Å²) in [5.74, 6) is -1.16. The Morgan fingerprint density at radius 2 is 0.638 bits per heavy atom. The largest absolute Gasteiger partial charge is 0.353 e. The summed E-state index contributed by atoms with van der Waals surface area (Å²) in [5.41, 5.74) is -2.30. The van der Waals surface area contributed by atoms with Crippen LogP contribution in [-0.2, 0) is 61.6 Å². The first kappa shape index (κ1) is 58.6. The van der Waals surface area contributed by atoms with E-state index >= 15 is 0 Å². The minimum absolute atomic E-state index is 0.0148. The third kappa shape index (κ3) is 19.9. The molecule has 18 heteroatoms. The maximum atomic E-state index is 14.4. The second-order valence-electron chi connectivity index (χ2n) is 16.4. The van der Waals surface area contributed by atoms with Crippen molar-refractivity contribution in [2.45, 2.75) is 157 Å². The molecule has 0 fully saturated rings. The molecule has 0 saturated heterocycles. The van der Waals surface area contributed by atoms with Gasteiger partial charge in [-0.2, -0.15) is 0 Å². The van der Waals surface area contributed by atoms with Crippen LogP contribution in [0.5, 0.6) is 0 Å². The molecule has 0 aliphatic carbocycles. The third-order valence-corrected chi connectivity index (χ3v) is 16.9. The molecule has 3 aromatic carbocycles. The molecule has 0 radical (unpaired) electrons. The van der Waals surface area contributed by atoms with Gasteiger partial charge < -0.3 is 42.0 Å². The summed E-state index contributed by atoms with van der Waals surface area (Å²) < 4.78 is 59.3. The molecule has 9 atom stereocenters. The van der Waals surface area contributed by atoms with Crippen LogP contribution >= 0.6 is 24.4 Å². The Balaban J connectivity index is 1.63. The van der Waals surface area contributed by atoms with Gasteiger partial charge in [-0.1, -0.05) is 131 Å². The standard InChI is InChI=1S/C51H78N3O12P3/c1-10-13-34-58-40(4)64-43(7)67(46-25-19-16-20-26-46)61-37-31-52-49(55)53(32-38-62-68(47-27-21-17-22-28-47)44(8)65-41(5)59-35-14-11-2)51(57)54(50(52)56)33-39-63-69(48-29-23-18-24-30-48)45(9)66-42(6)60-36-15-12-3/h16-30,40-45H,10-15,31-39H2,1-9H3. The van der Waals surface area contributed by atoms with Gasteiger partial charge >= 0.3 is 17.1 Å². The summed E-state index contributed by atoms with van der Waals surface area (Å²) in [4.78, 5) is 43.2. The van der Waals surface area contributed by atoms with Crippen LogP contribution < -0.4 is 33.0 Å². The van der Waals surface area contributed by atoms with Crippen LogP contribution in [0.15, 0.2) is 105 Å². The van der Waals surface area contributed by atoms with Gasteiger partial charge in [0.1, 0.15) is 17.5 Å². The van der Waals surface area contributed by atoms with Gasteiger partial charge in [-0.15, -0.1) is 0 Å². The highest BCUT2D eigenvalue weighted by Crippen LogP contribution is 2.44. The van der Waals surface area contributed by atoms with Crippen LogP contribution in [0.1, 0.15) is 101 Å². The first-order valence-corrected chi connectivity index (χ1v) is 28.6. The summed E-state index contributed by atoms with van der Waals surface area (Å²) in [5, 5.41) is 2.78. The maximum Gasteiger partial charge on any atom is 0.336 e. The van der Waals surface area contributed by atoms with Crippen LogP contribution in [-0.4, -0.2) is 89.7 Å². The van der Waals surface area contributed by atoms with Gasteiger partial charge in [-0.25, -0.2) is 28.1 Å². The van der Waals surface area contributed by atoms with Gasteiger partial charge in [0, 0.05) is 35.7 Å². The highest BCUT2D eigenvalue weighted by atomic mass is 31.1. The molecule has 15 nitrogen and oxygen atoms in total. The lowest BCUT2D eigenvalue weighted by Crippen LogP contribution is -2.55. The zero-order valence-corrected chi connectivity index (χ0v) is 45.0. The summed E-state index contributed by atoms with van der Waals surface area (Å²) >= 11 is 0. The third-order valence-electron chi connectivity index (χ3n) is 10.8. The number of hydrogen-bond donors (Lipinski definition) is 0. The van der Waals surface area contributed by atoms with Crippen LogP contribution in [0.2, 0.25) is 0 Å². The highest BCUT2D eigenvalue weighted by Gasteiger charge is 2.28. The van der Waals surface area contributed by atoms with E-state index in [0.29, 0.717) is 19.8 Å². The highest BCUT2D eigenvalue weighted by molar-refractivity contribution is 7.62. The van der Waals surface area contributed by atoms with Crippen molar-refractivity contribution in [3.63, 3.8) is 0 Å². The Labute approximate surface area is 413 Å². The number of hydrogen-bond acceptors (Lipinski definition) is 12. The number of rotatable bonds is 36. The molecule has 4 aromatic rings. The molecule has 384 valence electrons. The number of aromatic nitrogens is 3. The van der Waals surface area contributed by atoms with Crippen molar-refractivity contribution in [3.05, 3.63) is 122 Å². The molecule has 1 aromatic heterocycles. The smallest absolute Gasteiger partial charge is 0.336 e. The molecule has 69 heavy (non-hydrogen) atoms. The van der Waals surface area contributed by atoms with Crippen LogP contribution in [0.4, 0.5) is 0 Å². The summed E-state index contributed by atoms with van der Waals surface area (Å²) in [6.45, 7) is 19.0. The van der Waals surface area contributed by atoms with Crippen molar-refractivity contribution in [1.82, 2.24) is 13.7 Å². The molecular weight excluding hydrogens is 939 g/mol. The minimum atomic E-state index is -1.39. The van der Waals surface area contributed by atoms with E-state index in [0.717, 1.165) is 68.1 Å². The van der Waals surface area contributed by atoms with Crippen molar-refractivity contribution < 1.29 is 42.0 Å². The van der Waals surface area contributed by atoms with E-state index in [1.165, 1.54) is 0 Å². The molecule has 0 bridgehead atoms. The fourth-order valence-electron chi connectivity index (χ4n) is 7.14. The average Bonchev–Trinajstić information content (AvgIpc) is 3.34. The monoisotopic (exact) mass is 1020 g/mol. The lowest BCUT2D eigenvalue weighted by Gasteiger charge is -2.28. The summed E-state index contributed by atoms with van der Waals surface area (Å²) in [7, 11) is -4.17. The summed E-state index contributed by atoms with van der Waals surface area (Å²) in [6, 6.07) is 29.2. The Morgan fingerprint density at radius 3 is 0.870 bits per heavy atom. The van der Waals surface area contributed by atoms with E-state index in [2.05, 4.69) is 20.8 Å². The van der Waals surface area contributed by atoms with E-state index in [9.17, 15) is 14.4 Å². The molecule has 0 aliphatic rings. The Morgan fingerprint density at radius 1 is 0.391 bits per heavy atom. The number of benzene rings is 3. The lowest BCUT2D eigenvalue weighted by molar-refractivity contribution is -0.138. The predicted octanol–water partition coefficient (Wildman–Crippen LogP) is 8.96. The van der Waals surface area contributed by atoms with E-state index in [-0.39, 0.29) is 57.0 Å². The molecule has 4 rings (SSSR count). The van der Waals surface area contributed by atoms with Crippen LogP contribution in [0.3, 0.4) is 0 Å². The van der Waals surface area contributed by atoms with E-state index < -0.39 is 60.4 Å². The molecular formula is C51H78N3O12P3. The zero-order chi connectivity index (χ0) is 50.0. The topological polar surface area (TPSA) is 149 Å². The number of ether oxygens (including phenoxy) is 6. The van der Waals surface area contributed by atoms with Gasteiger partial charge in [0.2, 0.25) is 0 Å². The maximum absolute atomic E-state index is 14.4. The van der Waals surface area contributed by atoms with Crippen molar-refractivity contribution >= 4 is 40.4 Å².